The third-order valence-electron chi connectivity index (χ3n) is 10.1. The van der Waals surface area contributed by atoms with E-state index in [4.69, 9.17) is 6.58 Å². The van der Waals surface area contributed by atoms with E-state index < -0.39 is 0 Å². The lowest BCUT2D eigenvalue weighted by molar-refractivity contribution is 0.728. The number of hydrogen-bond donors (Lipinski definition) is 2. The number of allylic oxidation sites excluding steroid dienone is 6. The molecule has 0 bridgehead atoms. The zero-order valence-corrected chi connectivity index (χ0v) is 30.2. The van der Waals surface area contributed by atoms with Gasteiger partial charge in [0.15, 0.2) is 0 Å². The van der Waals surface area contributed by atoms with E-state index in [1.54, 1.807) is 11.3 Å². The number of benzene rings is 4. The highest BCUT2D eigenvalue weighted by Crippen LogP contribution is 2.45. The molecule has 0 fully saturated rings. The number of thiophene rings is 1. The number of fused-ring (bicyclic) bond motifs is 7. The van der Waals surface area contributed by atoms with E-state index in [2.05, 4.69) is 155 Å². The van der Waals surface area contributed by atoms with Gasteiger partial charge in [-0.2, -0.15) is 0 Å². The summed E-state index contributed by atoms with van der Waals surface area (Å²) in [6, 6.07) is 31.0. The number of aromatic nitrogens is 1. The zero-order valence-electron chi connectivity index (χ0n) is 29.4. The molecule has 0 spiro atoms. The van der Waals surface area contributed by atoms with Gasteiger partial charge in [0, 0.05) is 61.3 Å². The molecule has 0 radical (unpaired) electrons. The molecule has 51 heavy (non-hydrogen) atoms. The van der Waals surface area contributed by atoms with Gasteiger partial charge in [-0.3, -0.25) is 5.41 Å². The Labute approximate surface area is 304 Å². The third-order valence-corrected chi connectivity index (χ3v) is 11.2. The van der Waals surface area contributed by atoms with Crippen LogP contribution in [0.2, 0.25) is 0 Å². The summed E-state index contributed by atoms with van der Waals surface area (Å²) in [5.41, 5.74) is 11.2. The van der Waals surface area contributed by atoms with Crippen LogP contribution in [-0.2, 0) is 0 Å². The van der Waals surface area contributed by atoms with Crippen molar-refractivity contribution in [2.45, 2.75) is 39.2 Å². The van der Waals surface area contributed by atoms with Crippen molar-refractivity contribution < 1.29 is 0 Å². The van der Waals surface area contributed by atoms with Crippen molar-refractivity contribution in [1.82, 2.24) is 9.88 Å². The normalized spacial score (nSPS) is 17.6. The topological polar surface area (TPSA) is 44.1 Å². The van der Waals surface area contributed by atoms with Crippen molar-refractivity contribution in [3.05, 3.63) is 156 Å². The maximum Gasteiger partial charge on any atom is 0.142 e. The second kappa shape index (κ2) is 13.6. The number of nitrogens with zero attached hydrogens (tertiary/aromatic N) is 2. The molecule has 1 unspecified atom stereocenters. The van der Waals surface area contributed by atoms with Crippen LogP contribution in [0.15, 0.2) is 140 Å². The Kier molecular flexibility index (Phi) is 8.66. The fourth-order valence-corrected chi connectivity index (χ4v) is 8.81. The Hall–Kier alpha value is -5.65. The van der Waals surface area contributed by atoms with Crippen LogP contribution >= 0.6 is 11.3 Å². The van der Waals surface area contributed by atoms with Gasteiger partial charge < -0.3 is 14.8 Å². The summed E-state index contributed by atoms with van der Waals surface area (Å²) in [6.07, 6.45) is 20.2. The van der Waals surface area contributed by atoms with Crippen molar-refractivity contribution in [1.29, 1.82) is 5.41 Å². The van der Waals surface area contributed by atoms with Crippen LogP contribution in [0.5, 0.6) is 0 Å². The molecule has 1 aliphatic heterocycles. The van der Waals surface area contributed by atoms with Crippen LogP contribution in [0.1, 0.15) is 49.1 Å². The van der Waals surface area contributed by atoms with E-state index in [0.29, 0.717) is 5.84 Å². The van der Waals surface area contributed by atoms with Crippen LogP contribution in [0.4, 0.5) is 5.69 Å². The number of rotatable bonds is 4. The van der Waals surface area contributed by atoms with E-state index >= 15 is 0 Å². The van der Waals surface area contributed by atoms with Crippen molar-refractivity contribution in [3.63, 3.8) is 0 Å². The molecule has 2 aromatic heterocycles. The average molecular weight is 683 g/mol. The SMILES string of the molecule is C=C1c2cc(-c3ccc4c(c3)c3ccccc3n4C3=CC=CCC3)ccc2N(C)/C(C(=N)NC2C=CC=CC2)=C\c2sc3ccccc3c21.CC. The highest BCUT2D eigenvalue weighted by molar-refractivity contribution is 7.20. The summed E-state index contributed by atoms with van der Waals surface area (Å²) in [4.78, 5) is 3.27. The van der Waals surface area contributed by atoms with Crippen LogP contribution in [-0.4, -0.2) is 23.5 Å². The summed E-state index contributed by atoms with van der Waals surface area (Å²) in [5.74, 6) is 0.406. The highest BCUT2D eigenvalue weighted by atomic mass is 32.1. The molecule has 3 heterocycles. The van der Waals surface area contributed by atoms with Crippen molar-refractivity contribution >= 4 is 72.1 Å². The standard InChI is InChI=1S/C44H36N4S.C2H6/c1-28-35-25-29(30-22-24-39-36(26-30)33-17-9-11-19-38(33)48(39)32-15-7-4-8-16-32)21-23-37(35)47(2)40(44(45)46-31-13-5-3-6-14-31)27-42-43(28)34-18-10-12-20-41(34)49-42;1-2/h3-7,9-13,15,17-27,31H,1,8,14,16H2,2H3,(H2,45,46);1-2H3/b40-27-;. The van der Waals surface area contributed by atoms with Crippen LogP contribution in [0, 0.1) is 5.41 Å². The molecular weight excluding hydrogens is 641 g/mol. The van der Waals surface area contributed by atoms with E-state index in [0.717, 1.165) is 57.8 Å². The number of likely N-dealkylation sites (N-methyl/N-ethyl adjacent to an activating group) is 1. The second-order valence-electron chi connectivity index (χ2n) is 13.0. The first-order valence-corrected chi connectivity index (χ1v) is 18.8. The van der Waals surface area contributed by atoms with Crippen molar-refractivity contribution in [3.8, 4) is 11.1 Å². The van der Waals surface area contributed by atoms with Gasteiger partial charge in [0.05, 0.1) is 16.7 Å². The molecule has 2 aliphatic carbocycles. The summed E-state index contributed by atoms with van der Waals surface area (Å²) >= 11 is 1.76. The molecule has 5 heteroatoms. The summed E-state index contributed by atoms with van der Waals surface area (Å²) in [7, 11) is 2.07. The molecule has 4 nitrogen and oxygen atoms in total. The number of nitrogens with one attached hydrogen (secondary N) is 2. The fraction of sp³-hybridized carbons (Fsp3) is 0.152. The lowest BCUT2D eigenvalue weighted by Gasteiger charge is -2.30. The van der Waals surface area contributed by atoms with Crippen molar-refractivity contribution in [2.75, 3.05) is 11.9 Å². The number of hydrogen-bond acceptors (Lipinski definition) is 3. The third kappa shape index (κ3) is 5.68. The Morgan fingerprint density at radius 2 is 1.61 bits per heavy atom. The smallest absolute Gasteiger partial charge is 0.142 e. The molecule has 0 amide bonds. The van der Waals surface area contributed by atoms with E-state index in [9.17, 15) is 5.41 Å². The predicted octanol–water partition coefficient (Wildman–Crippen LogP) is 12.2. The number of para-hydroxylation sites is 1. The van der Waals surface area contributed by atoms with Gasteiger partial charge in [-0.1, -0.05) is 105 Å². The minimum Gasteiger partial charge on any atom is -0.362 e. The fourth-order valence-electron chi connectivity index (χ4n) is 7.64. The molecule has 6 aromatic rings. The molecular formula is C46H42N4S. The summed E-state index contributed by atoms with van der Waals surface area (Å²) in [5, 5.41) is 16.5. The minimum atomic E-state index is 0.0858. The first-order valence-electron chi connectivity index (χ1n) is 17.9. The van der Waals surface area contributed by atoms with Crippen molar-refractivity contribution in [2.24, 2.45) is 0 Å². The van der Waals surface area contributed by atoms with Gasteiger partial charge in [0.1, 0.15) is 5.84 Å². The molecule has 1 atom stereocenters. The van der Waals surface area contributed by atoms with Gasteiger partial charge >= 0.3 is 0 Å². The summed E-state index contributed by atoms with van der Waals surface area (Å²) < 4.78 is 3.66. The van der Waals surface area contributed by atoms with Gasteiger partial charge in [-0.15, -0.1) is 11.3 Å². The Bertz CT molecular complexity index is 2510. The molecule has 0 saturated heterocycles. The zero-order chi connectivity index (χ0) is 35.1. The largest absolute Gasteiger partial charge is 0.362 e. The maximum absolute atomic E-state index is 9.28. The molecule has 0 saturated carbocycles. The first-order chi connectivity index (χ1) is 25.0. The molecule has 3 aliphatic rings. The second-order valence-corrected chi connectivity index (χ2v) is 14.1. The quantitative estimate of drug-likeness (QED) is 0.144. The first kappa shape index (κ1) is 32.5. The lowest BCUT2D eigenvalue weighted by Crippen LogP contribution is -2.38. The number of anilines is 1. The van der Waals surface area contributed by atoms with Crippen LogP contribution < -0.4 is 10.2 Å². The van der Waals surface area contributed by atoms with Gasteiger partial charge in [0.2, 0.25) is 0 Å². The Morgan fingerprint density at radius 1 is 0.843 bits per heavy atom. The van der Waals surface area contributed by atoms with Gasteiger partial charge in [0.25, 0.3) is 0 Å². The highest BCUT2D eigenvalue weighted by Gasteiger charge is 2.26. The molecule has 252 valence electrons. The monoisotopic (exact) mass is 682 g/mol. The Morgan fingerprint density at radius 3 is 2.41 bits per heavy atom. The lowest BCUT2D eigenvalue weighted by atomic mass is 9.90. The van der Waals surface area contributed by atoms with E-state index in [1.165, 1.54) is 43.2 Å². The minimum absolute atomic E-state index is 0.0858. The van der Waals surface area contributed by atoms with Crippen LogP contribution in [0.25, 0.3) is 60.4 Å². The average Bonchev–Trinajstić information content (AvgIpc) is 3.72. The molecule has 2 N–H and O–H groups in total. The van der Waals surface area contributed by atoms with E-state index in [-0.39, 0.29) is 6.04 Å². The predicted molar refractivity (Wildman–Crippen MR) is 223 cm³/mol. The van der Waals surface area contributed by atoms with Gasteiger partial charge in [-0.05, 0) is 84.5 Å². The van der Waals surface area contributed by atoms with Gasteiger partial charge in [-0.25, -0.2) is 0 Å². The summed E-state index contributed by atoms with van der Waals surface area (Å²) in [6.45, 7) is 8.75. The molecule has 4 aromatic carbocycles. The van der Waals surface area contributed by atoms with Crippen LogP contribution in [0.3, 0.4) is 0 Å². The number of amidine groups is 1. The Balaban J connectivity index is 0.00000184. The maximum atomic E-state index is 9.28. The molecule has 9 rings (SSSR count). The van der Waals surface area contributed by atoms with E-state index in [1.807, 2.05) is 13.8 Å².